The standard InChI is InChI=1S/C21H25ClN4O/c1-2-19(24-25-21(27)20-9-5-6-12-23-20)16-10-13-26(14-11-16)15-17-7-3-4-8-18(17)22/h3-9,12,16H,2,10-11,13-15H2,1H3,(H,25,27)/b24-19+. The van der Waals surface area contributed by atoms with Gasteiger partial charge in [0.05, 0.1) is 0 Å². The molecule has 0 unspecified atom stereocenters. The number of hydrazone groups is 1. The van der Waals surface area contributed by atoms with E-state index in [1.807, 2.05) is 18.2 Å². The number of amides is 1. The lowest BCUT2D eigenvalue weighted by molar-refractivity contribution is 0.0949. The lowest BCUT2D eigenvalue weighted by Crippen LogP contribution is -2.36. The maximum atomic E-state index is 12.1. The minimum absolute atomic E-state index is 0.266. The Balaban J connectivity index is 1.54. The van der Waals surface area contributed by atoms with E-state index in [1.54, 1.807) is 24.4 Å². The molecule has 0 aliphatic carbocycles. The summed E-state index contributed by atoms with van der Waals surface area (Å²) in [5.74, 6) is 0.138. The Morgan fingerprint density at radius 3 is 2.63 bits per heavy atom. The van der Waals surface area contributed by atoms with Crippen LogP contribution >= 0.6 is 11.6 Å². The van der Waals surface area contributed by atoms with Crippen LogP contribution < -0.4 is 5.43 Å². The van der Waals surface area contributed by atoms with Crippen molar-refractivity contribution in [3.8, 4) is 0 Å². The van der Waals surface area contributed by atoms with Crippen molar-refractivity contribution in [1.82, 2.24) is 15.3 Å². The fraction of sp³-hybridized carbons (Fsp3) is 0.381. The molecule has 1 N–H and O–H groups in total. The number of halogens is 1. The van der Waals surface area contributed by atoms with Gasteiger partial charge < -0.3 is 0 Å². The van der Waals surface area contributed by atoms with Gasteiger partial charge in [0.1, 0.15) is 5.69 Å². The fourth-order valence-electron chi connectivity index (χ4n) is 3.43. The SMILES string of the molecule is CC/C(=N\NC(=O)c1ccccn1)C1CCN(Cc2ccccc2Cl)CC1. The average molecular weight is 385 g/mol. The molecule has 0 bridgehead atoms. The third-order valence-electron chi connectivity index (χ3n) is 4.97. The molecule has 142 valence electrons. The highest BCUT2D eigenvalue weighted by atomic mass is 35.5. The van der Waals surface area contributed by atoms with Crippen LogP contribution in [0.4, 0.5) is 0 Å². The molecule has 1 aliphatic heterocycles. The number of carbonyl (C=O) groups is 1. The van der Waals surface area contributed by atoms with Gasteiger partial charge in [-0.2, -0.15) is 5.10 Å². The summed E-state index contributed by atoms with van der Waals surface area (Å²) >= 11 is 6.28. The van der Waals surface area contributed by atoms with Crippen molar-refractivity contribution in [2.24, 2.45) is 11.0 Å². The van der Waals surface area contributed by atoms with Crippen LogP contribution in [0, 0.1) is 5.92 Å². The second-order valence-electron chi connectivity index (χ2n) is 6.75. The maximum Gasteiger partial charge on any atom is 0.289 e. The highest BCUT2D eigenvalue weighted by molar-refractivity contribution is 6.31. The number of benzene rings is 1. The van der Waals surface area contributed by atoms with Gasteiger partial charge in [0, 0.05) is 29.4 Å². The second-order valence-corrected chi connectivity index (χ2v) is 7.16. The van der Waals surface area contributed by atoms with Gasteiger partial charge in [0.15, 0.2) is 0 Å². The largest absolute Gasteiger partial charge is 0.299 e. The van der Waals surface area contributed by atoms with Crippen LogP contribution in [0.1, 0.15) is 42.2 Å². The molecule has 0 saturated carbocycles. The van der Waals surface area contributed by atoms with E-state index in [9.17, 15) is 4.79 Å². The number of rotatable bonds is 6. The fourth-order valence-corrected chi connectivity index (χ4v) is 3.62. The summed E-state index contributed by atoms with van der Waals surface area (Å²) in [5.41, 5.74) is 5.27. The van der Waals surface area contributed by atoms with Gasteiger partial charge in [-0.1, -0.05) is 42.8 Å². The first-order valence-electron chi connectivity index (χ1n) is 9.41. The third kappa shape index (κ3) is 5.37. The summed E-state index contributed by atoms with van der Waals surface area (Å²) < 4.78 is 0. The molecular weight excluding hydrogens is 360 g/mol. The van der Waals surface area contributed by atoms with E-state index in [1.165, 1.54) is 5.56 Å². The first-order chi connectivity index (χ1) is 13.2. The van der Waals surface area contributed by atoms with E-state index in [2.05, 4.69) is 33.4 Å². The Morgan fingerprint density at radius 2 is 1.96 bits per heavy atom. The minimum Gasteiger partial charge on any atom is -0.299 e. The Kier molecular flexibility index (Phi) is 6.96. The highest BCUT2D eigenvalue weighted by Gasteiger charge is 2.23. The maximum absolute atomic E-state index is 12.1. The van der Waals surface area contributed by atoms with Gasteiger partial charge in [-0.15, -0.1) is 0 Å². The molecular formula is C21H25ClN4O. The van der Waals surface area contributed by atoms with E-state index in [-0.39, 0.29) is 5.91 Å². The molecule has 27 heavy (non-hydrogen) atoms. The number of nitrogens with zero attached hydrogens (tertiary/aromatic N) is 3. The predicted octanol–water partition coefficient (Wildman–Crippen LogP) is 4.14. The quantitative estimate of drug-likeness (QED) is 0.601. The van der Waals surface area contributed by atoms with E-state index < -0.39 is 0 Å². The number of pyridine rings is 1. The molecule has 1 aliphatic rings. The minimum atomic E-state index is -0.266. The summed E-state index contributed by atoms with van der Waals surface area (Å²) in [6.45, 7) is 4.97. The lowest BCUT2D eigenvalue weighted by Gasteiger charge is -2.32. The molecule has 5 nitrogen and oxygen atoms in total. The van der Waals surface area contributed by atoms with Crippen LogP contribution in [-0.4, -0.2) is 34.6 Å². The molecule has 1 aromatic carbocycles. The van der Waals surface area contributed by atoms with Crippen molar-refractivity contribution in [2.75, 3.05) is 13.1 Å². The number of aromatic nitrogens is 1. The van der Waals surface area contributed by atoms with Gasteiger partial charge in [0.25, 0.3) is 5.91 Å². The highest BCUT2D eigenvalue weighted by Crippen LogP contribution is 2.23. The van der Waals surface area contributed by atoms with Gasteiger partial charge >= 0.3 is 0 Å². The first-order valence-corrected chi connectivity index (χ1v) is 9.78. The molecule has 0 spiro atoms. The van der Waals surface area contributed by atoms with Crippen molar-refractivity contribution < 1.29 is 4.79 Å². The van der Waals surface area contributed by atoms with Crippen molar-refractivity contribution in [2.45, 2.75) is 32.7 Å². The number of piperidine rings is 1. The molecule has 2 heterocycles. The van der Waals surface area contributed by atoms with E-state index in [0.717, 1.165) is 49.6 Å². The zero-order valence-electron chi connectivity index (χ0n) is 15.6. The first kappa shape index (κ1) is 19.5. The molecule has 6 heteroatoms. The number of nitrogens with one attached hydrogen (secondary N) is 1. The smallest absolute Gasteiger partial charge is 0.289 e. The summed E-state index contributed by atoms with van der Waals surface area (Å²) in [6.07, 6.45) is 4.51. The van der Waals surface area contributed by atoms with Crippen molar-refractivity contribution in [1.29, 1.82) is 0 Å². The molecule has 2 aromatic rings. The molecule has 1 saturated heterocycles. The molecule has 1 amide bonds. The average Bonchev–Trinajstić information content (AvgIpc) is 2.72. The van der Waals surface area contributed by atoms with E-state index in [4.69, 9.17) is 11.6 Å². The lowest BCUT2D eigenvalue weighted by atomic mass is 9.90. The molecule has 0 atom stereocenters. The predicted molar refractivity (Wildman–Crippen MR) is 109 cm³/mol. The zero-order chi connectivity index (χ0) is 19.1. The Morgan fingerprint density at radius 1 is 1.22 bits per heavy atom. The van der Waals surface area contributed by atoms with Crippen LogP contribution in [0.5, 0.6) is 0 Å². The molecule has 1 aromatic heterocycles. The van der Waals surface area contributed by atoms with Crippen LogP contribution in [0.3, 0.4) is 0 Å². The summed E-state index contributed by atoms with van der Waals surface area (Å²) in [6, 6.07) is 13.3. The van der Waals surface area contributed by atoms with E-state index in [0.29, 0.717) is 11.6 Å². The Bertz CT molecular complexity index is 786. The number of hydrogen-bond acceptors (Lipinski definition) is 4. The van der Waals surface area contributed by atoms with Crippen molar-refractivity contribution >= 4 is 23.2 Å². The number of carbonyl (C=O) groups excluding carboxylic acids is 1. The Labute approximate surface area is 165 Å². The molecule has 1 fully saturated rings. The van der Waals surface area contributed by atoms with Crippen LogP contribution in [0.25, 0.3) is 0 Å². The van der Waals surface area contributed by atoms with Gasteiger partial charge in [-0.05, 0) is 56.1 Å². The summed E-state index contributed by atoms with van der Waals surface area (Å²) in [4.78, 5) is 18.6. The van der Waals surface area contributed by atoms with Crippen LogP contribution in [-0.2, 0) is 6.54 Å². The van der Waals surface area contributed by atoms with Crippen molar-refractivity contribution in [3.63, 3.8) is 0 Å². The van der Waals surface area contributed by atoms with Crippen molar-refractivity contribution in [3.05, 3.63) is 64.9 Å². The number of hydrogen-bond donors (Lipinski definition) is 1. The molecule has 0 radical (unpaired) electrons. The zero-order valence-corrected chi connectivity index (χ0v) is 16.3. The number of likely N-dealkylation sites (tertiary alicyclic amines) is 1. The third-order valence-corrected chi connectivity index (χ3v) is 5.34. The van der Waals surface area contributed by atoms with Gasteiger partial charge in [0.2, 0.25) is 0 Å². The molecule has 3 rings (SSSR count). The van der Waals surface area contributed by atoms with Crippen LogP contribution in [0.2, 0.25) is 5.02 Å². The summed E-state index contributed by atoms with van der Waals surface area (Å²) in [7, 11) is 0. The van der Waals surface area contributed by atoms with Crippen LogP contribution in [0.15, 0.2) is 53.8 Å². The van der Waals surface area contributed by atoms with E-state index >= 15 is 0 Å². The monoisotopic (exact) mass is 384 g/mol. The summed E-state index contributed by atoms with van der Waals surface area (Å²) in [5, 5.41) is 5.23. The second kappa shape index (κ2) is 9.62. The van der Waals surface area contributed by atoms with Gasteiger partial charge in [-0.25, -0.2) is 5.43 Å². The topological polar surface area (TPSA) is 57.6 Å². The Hall–Kier alpha value is -2.24. The normalized spacial score (nSPS) is 16.3. The van der Waals surface area contributed by atoms with Gasteiger partial charge in [-0.3, -0.25) is 14.7 Å².